The van der Waals surface area contributed by atoms with E-state index < -0.39 is 0 Å². The minimum absolute atomic E-state index is 0.621. The zero-order valence-electron chi connectivity index (χ0n) is 6.37. The van der Waals surface area contributed by atoms with Gasteiger partial charge in [0.1, 0.15) is 0 Å². The summed E-state index contributed by atoms with van der Waals surface area (Å²) in [5, 5.41) is 2.04. The highest BCUT2D eigenvalue weighted by atomic mass is 35.5. The van der Waals surface area contributed by atoms with Gasteiger partial charge in [0.25, 0.3) is 0 Å². The van der Waals surface area contributed by atoms with Crippen LogP contribution in [0.15, 0.2) is 17.5 Å². The summed E-state index contributed by atoms with van der Waals surface area (Å²) >= 11 is 9.01. The first kappa shape index (κ1) is 8.23. The first-order valence-corrected chi connectivity index (χ1v) is 5.51. The van der Waals surface area contributed by atoms with Gasteiger partial charge in [-0.1, -0.05) is 17.7 Å². The third-order valence-corrected chi connectivity index (χ3v) is 3.48. The van der Waals surface area contributed by atoms with Gasteiger partial charge < -0.3 is 0 Å². The molecule has 0 aliphatic heterocycles. The van der Waals surface area contributed by atoms with E-state index in [1.54, 1.807) is 11.3 Å². The monoisotopic (exact) mass is 215 g/mol. The third kappa shape index (κ3) is 1.40. The first-order chi connectivity index (χ1) is 5.77. The van der Waals surface area contributed by atoms with Crippen molar-refractivity contribution in [1.82, 2.24) is 4.98 Å². The number of nitrogens with zero attached hydrogens (tertiary/aromatic N) is 1. The summed E-state index contributed by atoms with van der Waals surface area (Å²) in [7, 11) is 0. The van der Waals surface area contributed by atoms with Crippen LogP contribution in [0.25, 0.3) is 10.6 Å². The molecule has 0 unspecified atom stereocenters. The van der Waals surface area contributed by atoms with Crippen LogP contribution in [0, 0.1) is 6.92 Å². The van der Waals surface area contributed by atoms with Gasteiger partial charge in [0.05, 0.1) is 10.6 Å². The number of rotatable bonds is 1. The fourth-order valence-electron chi connectivity index (χ4n) is 1.01. The Hall–Kier alpha value is -0.380. The molecule has 0 amide bonds. The Kier molecular flexibility index (Phi) is 2.17. The topological polar surface area (TPSA) is 12.9 Å². The van der Waals surface area contributed by atoms with E-state index in [-0.39, 0.29) is 0 Å². The summed E-state index contributed by atoms with van der Waals surface area (Å²) < 4.78 is 0.621. The average Bonchev–Trinajstić information content (AvgIpc) is 2.58. The smallest absolute Gasteiger partial charge is 0.184 e. The summed E-state index contributed by atoms with van der Waals surface area (Å²) in [6.07, 6.45) is 0. The Morgan fingerprint density at radius 2 is 2.33 bits per heavy atom. The fourth-order valence-corrected chi connectivity index (χ4v) is 2.92. The van der Waals surface area contributed by atoms with Gasteiger partial charge in [-0.15, -0.1) is 22.7 Å². The van der Waals surface area contributed by atoms with Gasteiger partial charge in [-0.05, 0) is 18.4 Å². The Morgan fingerprint density at radius 3 is 2.83 bits per heavy atom. The molecule has 2 aromatic rings. The van der Waals surface area contributed by atoms with Crippen LogP contribution in [0.3, 0.4) is 0 Å². The number of halogens is 1. The van der Waals surface area contributed by atoms with Gasteiger partial charge in [0.2, 0.25) is 0 Å². The van der Waals surface area contributed by atoms with Crippen LogP contribution in [0.2, 0.25) is 4.47 Å². The lowest BCUT2D eigenvalue weighted by atomic mass is 10.3. The number of thiophene rings is 1. The molecule has 0 spiro atoms. The van der Waals surface area contributed by atoms with Crippen LogP contribution in [0.4, 0.5) is 0 Å². The summed E-state index contributed by atoms with van der Waals surface area (Å²) in [6.45, 7) is 2.04. The molecule has 0 fully saturated rings. The zero-order valence-corrected chi connectivity index (χ0v) is 8.76. The van der Waals surface area contributed by atoms with E-state index in [0.717, 1.165) is 5.69 Å². The number of aryl methyl sites for hydroxylation is 1. The maximum Gasteiger partial charge on any atom is 0.184 e. The second-order valence-corrected chi connectivity index (χ2v) is 5.08. The lowest BCUT2D eigenvalue weighted by molar-refractivity contribution is 1.40. The maximum absolute atomic E-state index is 5.79. The van der Waals surface area contributed by atoms with Crippen molar-refractivity contribution in [2.75, 3.05) is 0 Å². The summed E-state index contributed by atoms with van der Waals surface area (Å²) in [4.78, 5) is 6.62. The fraction of sp³-hybridized carbons (Fsp3) is 0.125. The molecule has 0 saturated heterocycles. The van der Waals surface area contributed by atoms with Crippen LogP contribution in [-0.4, -0.2) is 4.98 Å². The van der Waals surface area contributed by atoms with Crippen LogP contribution in [0.5, 0.6) is 0 Å². The van der Waals surface area contributed by atoms with Crippen LogP contribution >= 0.6 is 34.3 Å². The molecule has 2 heterocycles. The Labute approximate surface area is 83.7 Å². The zero-order chi connectivity index (χ0) is 8.55. The molecule has 62 valence electrons. The highest BCUT2D eigenvalue weighted by Crippen LogP contribution is 2.32. The Balaban J connectivity index is 2.54. The van der Waals surface area contributed by atoms with Crippen LogP contribution < -0.4 is 0 Å². The molecular weight excluding hydrogens is 210 g/mol. The van der Waals surface area contributed by atoms with Crippen molar-refractivity contribution in [2.24, 2.45) is 0 Å². The molecule has 2 rings (SSSR count). The van der Waals surface area contributed by atoms with Crippen molar-refractivity contribution < 1.29 is 0 Å². The predicted molar refractivity (Wildman–Crippen MR) is 55.2 cm³/mol. The van der Waals surface area contributed by atoms with Crippen molar-refractivity contribution in [1.29, 1.82) is 0 Å². The highest BCUT2D eigenvalue weighted by molar-refractivity contribution is 7.17. The molecule has 0 radical (unpaired) electrons. The third-order valence-electron chi connectivity index (χ3n) is 1.53. The van der Waals surface area contributed by atoms with Crippen molar-refractivity contribution in [3.8, 4) is 10.6 Å². The van der Waals surface area contributed by atoms with Gasteiger partial charge >= 0.3 is 0 Å². The molecule has 0 aliphatic carbocycles. The molecule has 12 heavy (non-hydrogen) atoms. The highest BCUT2D eigenvalue weighted by Gasteiger charge is 2.08. The van der Waals surface area contributed by atoms with E-state index in [9.17, 15) is 0 Å². The van der Waals surface area contributed by atoms with Crippen molar-refractivity contribution in [2.45, 2.75) is 6.92 Å². The lowest BCUT2D eigenvalue weighted by Crippen LogP contribution is -1.73. The van der Waals surface area contributed by atoms with Crippen molar-refractivity contribution >= 4 is 34.3 Å². The maximum atomic E-state index is 5.79. The van der Waals surface area contributed by atoms with E-state index in [1.807, 2.05) is 18.4 Å². The molecule has 0 N–H and O–H groups in total. The van der Waals surface area contributed by atoms with E-state index >= 15 is 0 Å². The van der Waals surface area contributed by atoms with Crippen molar-refractivity contribution in [3.05, 3.63) is 26.9 Å². The molecule has 0 aromatic carbocycles. The van der Waals surface area contributed by atoms with Crippen LogP contribution in [-0.2, 0) is 0 Å². The van der Waals surface area contributed by atoms with E-state index in [0.29, 0.717) is 4.47 Å². The molecule has 0 atom stereocenters. The number of thiazole rings is 1. The van der Waals surface area contributed by atoms with E-state index in [4.69, 9.17) is 11.6 Å². The molecule has 0 saturated carbocycles. The molecule has 1 nitrogen and oxygen atoms in total. The molecule has 0 aliphatic rings. The molecule has 2 aromatic heterocycles. The van der Waals surface area contributed by atoms with Gasteiger partial charge in [-0.3, -0.25) is 0 Å². The standard InChI is InChI=1S/C8H6ClNS2/c1-5-7(10-8(9)12-5)6-3-2-4-11-6/h2-4H,1H3. The predicted octanol–water partition coefficient (Wildman–Crippen LogP) is 3.83. The summed E-state index contributed by atoms with van der Waals surface area (Å²) in [5.74, 6) is 0. The summed E-state index contributed by atoms with van der Waals surface area (Å²) in [6, 6.07) is 4.08. The van der Waals surface area contributed by atoms with Gasteiger partial charge in [0, 0.05) is 4.88 Å². The minimum atomic E-state index is 0.621. The van der Waals surface area contributed by atoms with Gasteiger partial charge in [0.15, 0.2) is 4.47 Å². The molecule has 0 bridgehead atoms. The quantitative estimate of drug-likeness (QED) is 0.705. The summed E-state index contributed by atoms with van der Waals surface area (Å²) in [5.41, 5.74) is 1.03. The molecular formula is C8H6ClNS2. The number of hydrogen-bond acceptors (Lipinski definition) is 3. The molecule has 4 heteroatoms. The van der Waals surface area contributed by atoms with E-state index in [1.165, 1.54) is 21.1 Å². The minimum Gasteiger partial charge on any atom is -0.224 e. The Morgan fingerprint density at radius 1 is 1.50 bits per heavy atom. The lowest BCUT2D eigenvalue weighted by Gasteiger charge is -1.89. The normalized spacial score (nSPS) is 10.5. The van der Waals surface area contributed by atoms with Gasteiger partial charge in [-0.25, -0.2) is 4.98 Å². The largest absolute Gasteiger partial charge is 0.224 e. The van der Waals surface area contributed by atoms with Crippen molar-refractivity contribution in [3.63, 3.8) is 0 Å². The average molecular weight is 216 g/mol. The second-order valence-electron chi connectivity index (χ2n) is 2.35. The Bertz CT molecular complexity index is 378. The number of aromatic nitrogens is 1. The number of hydrogen-bond donors (Lipinski definition) is 0. The van der Waals surface area contributed by atoms with Gasteiger partial charge in [-0.2, -0.15) is 0 Å². The second kappa shape index (κ2) is 3.17. The van der Waals surface area contributed by atoms with E-state index in [2.05, 4.69) is 11.1 Å². The SMILES string of the molecule is Cc1sc(Cl)nc1-c1cccs1. The first-order valence-electron chi connectivity index (χ1n) is 3.44. The van der Waals surface area contributed by atoms with Crippen LogP contribution in [0.1, 0.15) is 4.88 Å².